The SMILES string of the molecule is O=C1Nc2cc(F)c(F)cc2/C1=C\c1ccccc1C(F)(F)F. The predicted octanol–water partition coefficient (Wildman–Crippen LogP) is 4.48. The Bertz CT molecular complexity index is 839. The second kappa shape index (κ2) is 5.19. The van der Waals surface area contributed by atoms with Crippen molar-refractivity contribution < 1.29 is 26.7 Å². The number of carbonyl (C=O) groups excluding carboxylic acids is 1. The van der Waals surface area contributed by atoms with E-state index < -0.39 is 29.3 Å². The van der Waals surface area contributed by atoms with E-state index in [1.54, 1.807) is 0 Å². The molecule has 118 valence electrons. The van der Waals surface area contributed by atoms with E-state index in [9.17, 15) is 26.7 Å². The minimum atomic E-state index is -4.60. The molecule has 1 amide bonds. The molecular formula is C16H8F5NO. The maximum Gasteiger partial charge on any atom is 0.416 e. The van der Waals surface area contributed by atoms with Crippen molar-refractivity contribution >= 4 is 23.2 Å². The van der Waals surface area contributed by atoms with Crippen LogP contribution in [0.2, 0.25) is 0 Å². The van der Waals surface area contributed by atoms with Gasteiger partial charge in [-0.1, -0.05) is 18.2 Å². The van der Waals surface area contributed by atoms with Gasteiger partial charge in [0.2, 0.25) is 0 Å². The molecule has 3 rings (SSSR count). The molecule has 0 bridgehead atoms. The average Bonchev–Trinajstić information content (AvgIpc) is 2.75. The molecule has 0 unspecified atom stereocenters. The molecule has 0 saturated heterocycles. The summed E-state index contributed by atoms with van der Waals surface area (Å²) in [6.45, 7) is 0. The molecule has 2 aromatic carbocycles. The highest BCUT2D eigenvalue weighted by molar-refractivity contribution is 6.35. The lowest BCUT2D eigenvalue weighted by Gasteiger charge is -2.10. The second-order valence-electron chi connectivity index (χ2n) is 4.91. The monoisotopic (exact) mass is 325 g/mol. The fraction of sp³-hybridized carbons (Fsp3) is 0.0625. The Balaban J connectivity index is 2.16. The van der Waals surface area contributed by atoms with Crippen LogP contribution in [0.3, 0.4) is 0 Å². The maximum atomic E-state index is 13.4. The largest absolute Gasteiger partial charge is 0.416 e. The van der Waals surface area contributed by atoms with Crippen molar-refractivity contribution in [1.29, 1.82) is 0 Å². The summed E-state index contributed by atoms with van der Waals surface area (Å²) >= 11 is 0. The molecule has 0 aliphatic carbocycles. The topological polar surface area (TPSA) is 29.1 Å². The number of hydrogen-bond acceptors (Lipinski definition) is 1. The number of alkyl halides is 3. The second-order valence-corrected chi connectivity index (χ2v) is 4.91. The normalized spacial score (nSPS) is 15.7. The molecule has 1 aliphatic rings. The molecule has 2 nitrogen and oxygen atoms in total. The smallest absolute Gasteiger partial charge is 0.321 e. The van der Waals surface area contributed by atoms with Crippen molar-refractivity contribution in [1.82, 2.24) is 0 Å². The molecule has 7 heteroatoms. The predicted molar refractivity (Wildman–Crippen MR) is 74.3 cm³/mol. The summed E-state index contributed by atoms with van der Waals surface area (Å²) in [5, 5.41) is 2.30. The van der Waals surface area contributed by atoms with Gasteiger partial charge in [-0.25, -0.2) is 8.78 Å². The Kier molecular flexibility index (Phi) is 3.43. The Hall–Kier alpha value is -2.70. The summed E-state index contributed by atoms with van der Waals surface area (Å²) in [6.07, 6.45) is -3.58. The first kappa shape index (κ1) is 15.2. The van der Waals surface area contributed by atoms with E-state index in [1.165, 1.54) is 18.2 Å². The summed E-state index contributed by atoms with van der Waals surface area (Å²) in [6, 6.07) is 6.26. The number of nitrogens with one attached hydrogen (secondary N) is 1. The van der Waals surface area contributed by atoms with Gasteiger partial charge in [0.1, 0.15) is 0 Å². The zero-order valence-electron chi connectivity index (χ0n) is 11.3. The highest BCUT2D eigenvalue weighted by Crippen LogP contribution is 2.37. The van der Waals surface area contributed by atoms with Gasteiger partial charge < -0.3 is 5.32 Å². The molecule has 0 radical (unpaired) electrons. The first-order valence-electron chi connectivity index (χ1n) is 6.46. The molecular weight excluding hydrogens is 317 g/mol. The van der Waals surface area contributed by atoms with Crippen LogP contribution in [0.15, 0.2) is 36.4 Å². The summed E-state index contributed by atoms with van der Waals surface area (Å²) in [4.78, 5) is 11.9. The van der Waals surface area contributed by atoms with Crippen molar-refractivity contribution in [3.05, 3.63) is 64.7 Å². The molecule has 0 saturated carbocycles. The van der Waals surface area contributed by atoms with E-state index in [1.807, 2.05) is 0 Å². The van der Waals surface area contributed by atoms with Crippen LogP contribution in [-0.4, -0.2) is 5.91 Å². The molecule has 1 aliphatic heterocycles. The lowest BCUT2D eigenvalue weighted by molar-refractivity contribution is -0.137. The summed E-state index contributed by atoms with van der Waals surface area (Å²) in [5.74, 6) is -3.06. The van der Waals surface area contributed by atoms with Crippen LogP contribution in [0.5, 0.6) is 0 Å². The third kappa shape index (κ3) is 2.69. The van der Waals surface area contributed by atoms with Crippen molar-refractivity contribution in [2.24, 2.45) is 0 Å². The third-order valence-electron chi connectivity index (χ3n) is 3.41. The lowest BCUT2D eigenvalue weighted by Crippen LogP contribution is -2.08. The molecule has 0 spiro atoms. The summed E-state index contributed by atoms with van der Waals surface area (Å²) in [5.41, 5.74) is -1.27. The van der Waals surface area contributed by atoms with Gasteiger partial charge in [-0.3, -0.25) is 4.79 Å². The van der Waals surface area contributed by atoms with Crippen LogP contribution in [0.1, 0.15) is 16.7 Å². The van der Waals surface area contributed by atoms with Gasteiger partial charge in [-0.15, -0.1) is 0 Å². The Morgan fingerprint density at radius 1 is 1.00 bits per heavy atom. The minimum Gasteiger partial charge on any atom is -0.321 e. The van der Waals surface area contributed by atoms with Crippen molar-refractivity contribution in [2.75, 3.05) is 5.32 Å². The Morgan fingerprint density at radius 3 is 2.35 bits per heavy atom. The quantitative estimate of drug-likeness (QED) is 0.608. The molecule has 0 fully saturated rings. The van der Waals surface area contributed by atoms with Crippen molar-refractivity contribution in [3.8, 4) is 0 Å². The van der Waals surface area contributed by atoms with Gasteiger partial charge in [0, 0.05) is 17.2 Å². The number of rotatable bonds is 1. The number of hydrogen-bond donors (Lipinski definition) is 1. The third-order valence-corrected chi connectivity index (χ3v) is 3.41. The number of fused-ring (bicyclic) bond motifs is 1. The van der Waals surface area contributed by atoms with Gasteiger partial charge in [0.05, 0.1) is 11.3 Å². The van der Waals surface area contributed by atoms with Crippen molar-refractivity contribution in [3.63, 3.8) is 0 Å². The van der Waals surface area contributed by atoms with Crippen LogP contribution in [0.4, 0.5) is 27.6 Å². The van der Waals surface area contributed by atoms with E-state index in [-0.39, 0.29) is 22.4 Å². The zero-order valence-corrected chi connectivity index (χ0v) is 11.3. The molecule has 1 heterocycles. The van der Waals surface area contributed by atoms with Gasteiger partial charge >= 0.3 is 6.18 Å². The van der Waals surface area contributed by atoms with Crippen LogP contribution < -0.4 is 5.32 Å². The first-order valence-corrected chi connectivity index (χ1v) is 6.46. The highest BCUT2D eigenvalue weighted by Gasteiger charge is 2.33. The van der Waals surface area contributed by atoms with Crippen LogP contribution in [0, 0.1) is 11.6 Å². The van der Waals surface area contributed by atoms with Crippen molar-refractivity contribution in [2.45, 2.75) is 6.18 Å². The minimum absolute atomic E-state index is 0.0182. The van der Waals surface area contributed by atoms with E-state index in [2.05, 4.69) is 5.32 Å². The number of benzene rings is 2. The summed E-state index contributed by atoms with van der Waals surface area (Å²) in [7, 11) is 0. The number of anilines is 1. The fourth-order valence-electron chi connectivity index (χ4n) is 2.36. The molecule has 23 heavy (non-hydrogen) atoms. The molecule has 0 aromatic heterocycles. The molecule has 2 aromatic rings. The van der Waals surface area contributed by atoms with E-state index in [0.717, 1.165) is 24.3 Å². The fourth-order valence-corrected chi connectivity index (χ4v) is 2.36. The maximum absolute atomic E-state index is 13.4. The first-order chi connectivity index (χ1) is 10.8. The standard InChI is InChI=1S/C16H8F5NO/c17-12-6-9-10(15(23)22-14(9)7-13(12)18)5-8-3-1-2-4-11(8)16(19,20)21/h1-7H,(H,22,23)/b10-5+. The average molecular weight is 325 g/mol. The summed E-state index contributed by atoms with van der Waals surface area (Å²) < 4.78 is 65.5. The number of halogens is 5. The van der Waals surface area contributed by atoms with Gasteiger partial charge in [-0.2, -0.15) is 13.2 Å². The Morgan fingerprint density at radius 2 is 1.65 bits per heavy atom. The number of carbonyl (C=O) groups is 1. The van der Waals surface area contributed by atoms with E-state index in [4.69, 9.17) is 0 Å². The van der Waals surface area contributed by atoms with Gasteiger partial charge in [0.15, 0.2) is 11.6 Å². The van der Waals surface area contributed by atoms with Crippen LogP contribution in [0.25, 0.3) is 11.6 Å². The van der Waals surface area contributed by atoms with E-state index >= 15 is 0 Å². The molecule has 1 N–H and O–H groups in total. The number of amides is 1. The van der Waals surface area contributed by atoms with Crippen LogP contribution >= 0.6 is 0 Å². The van der Waals surface area contributed by atoms with Crippen LogP contribution in [-0.2, 0) is 11.0 Å². The van der Waals surface area contributed by atoms with Gasteiger partial charge in [-0.05, 0) is 23.8 Å². The zero-order chi connectivity index (χ0) is 16.8. The van der Waals surface area contributed by atoms with E-state index in [0.29, 0.717) is 0 Å². The Labute approximate surface area is 127 Å². The molecule has 0 atom stereocenters. The highest BCUT2D eigenvalue weighted by atomic mass is 19.4. The van der Waals surface area contributed by atoms with Gasteiger partial charge in [0.25, 0.3) is 5.91 Å². The lowest BCUT2D eigenvalue weighted by atomic mass is 10.0.